The number of nitrogens with one attached hydrogen (secondary N) is 1. The fourth-order valence-corrected chi connectivity index (χ4v) is 4.99. The highest BCUT2D eigenvalue weighted by Gasteiger charge is 2.24. The van der Waals surface area contributed by atoms with Gasteiger partial charge in [0.15, 0.2) is 0 Å². The minimum absolute atomic E-state index is 0.0299. The van der Waals surface area contributed by atoms with Gasteiger partial charge in [0, 0.05) is 24.8 Å². The molecule has 0 saturated carbocycles. The van der Waals surface area contributed by atoms with Crippen LogP contribution >= 0.6 is 11.6 Å². The van der Waals surface area contributed by atoms with Gasteiger partial charge in [-0.2, -0.15) is 5.26 Å². The maximum absolute atomic E-state index is 12.7. The third-order valence-corrected chi connectivity index (χ3v) is 6.75. The lowest BCUT2D eigenvalue weighted by Gasteiger charge is -2.23. The second-order valence-corrected chi connectivity index (χ2v) is 8.95. The van der Waals surface area contributed by atoms with E-state index in [0.717, 1.165) is 31.5 Å². The molecule has 0 saturated heterocycles. The summed E-state index contributed by atoms with van der Waals surface area (Å²) in [6, 6.07) is 12.2. The van der Waals surface area contributed by atoms with Crippen LogP contribution in [0.4, 0.5) is 5.69 Å². The Morgan fingerprint density at radius 3 is 2.63 bits per heavy atom. The second kappa shape index (κ2) is 7.89. The molecule has 0 radical (unpaired) electrons. The molecule has 0 unspecified atom stereocenters. The number of hydrogen-bond donors (Lipinski definition) is 1. The van der Waals surface area contributed by atoms with Crippen molar-refractivity contribution in [2.75, 3.05) is 4.72 Å². The summed E-state index contributed by atoms with van der Waals surface area (Å²) in [6.07, 6.45) is 2.29. The first-order chi connectivity index (χ1) is 12.8. The zero-order chi connectivity index (χ0) is 19.6. The number of rotatable bonds is 6. The van der Waals surface area contributed by atoms with Crippen LogP contribution in [-0.2, 0) is 23.1 Å². The first-order valence-corrected chi connectivity index (χ1v) is 10.8. The first-order valence-electron chi connectivity index (χ1n) is 8.92. The summed E-state index contributed by atoms with van der Waals surface area (Å²) in [7, 11) is -3.83. The molecule has 5 nitrogen and oxygen atoms in total. The number of anilines is 1. The predicted octanol–water partition coefficient (Wildman–Crippen LogP) is 4.52. The van der Waals surface area contributed by atoms with Crippen molar-refractivity contribution in [2.45, 2.75) is 50.7 Å². The third kappa shape index (κ3) is 4.27. The zero-order valence-corrected chi connectivity index (χ0v) is 16.9. The summed E-state index contributed by atoms with van der Waals surface area (Å²) in [5.74, 6) is 0. The molecular weight excluding hydrogens is 382 g/mol. The van der Waals surface area contributed by atoms with Crippen molar-refractivity contribution in [3.8, 4) is 6.07 Å². The monoisotopic (exact) mass is 403 g/mol. The van der Waals surface area contributed by atoms with Crippen LogP contribution in [0.5, 0.6) is 0 Å². The van der Waals surface area contributed by atoms with Crippen LogP contribution in [0.1, 0.15) is 43.4 Å². The molecule has 0 amide bonds. The van der Waals surface area contributed by atoms with Crippen LogP contribution in [0.3, 0.4) is 0 Å². The van der Waals surface area contributed by atoms with Crippen LogP contribution in [0.25, 0.3) is 0 Å². The van der Waals surface area contributed by atoms with E-state index >= 15 is 0 Å². The molecule has 1 heterocycles. The Hall–Kier alpha value is -2.07. The van der Waals surface area contributed by atoms with Crippen molar-refractivity contribution in [3.05, 3.63) is 58.1 Å². The normalized spacial score (nSPS) is 15.2. The van der Waals surface area contributed by atoms with Gasteiger partial charge in [-0.25, -0.2) is 8.42 Å². The molecule has 3 rings (SSSR count). The zero-order valence-electron chi connectivity index (χ0n) is 15.4. The van der Waals surface area contributed by atoms with E-state index in [1.54, 1.807) is 6.07 Å². The summed E-state index contributed by atoms with van der Waals surface area (Å²) in [5.41, 5.74) is 3.21. The van der Waals surface area contributed by atoms with Crippen LogP contribution in [0, 0.1) is 11.3 Å². The Kier molecular flexibility index (Phi) is 5.75. The maximum Gasteiger partial charge on any atom is 0.263 e. The Labute approximate surface area is 165 Å². The number of fused-ring (bicyclic) bond motifs is 1. The SMILES string of the molecule is CCC[C@@H](C)N1Cc2ccc(NS(=O)(=O)c3ccc(C#N)cc3Cl)cc2C1. The summed E-state index contributed by atoms with van der Waals surface area (Å²) in [5, 5.41) is 8.93. The maximum atomic E-state index is 12.7. The van der Waals surface area contributed by atoms with E-state index in [4.69, 9.17) is 16.9 Å². The van der Waals surface area contributed by atoms with Crippen molar-refractivity contribution in [3.63, 3.8) is 0 Å². The molecule has 0 spiro atoms. The van der Waals surface area contributed by atoms with Crippen LogP contribution in [0.2, 0.25) is 5.02 Å². The fourth-order valence-electron chi connectivity index (χ4n) is 3.39. The van der Waals surface area contributed by atoms with Gasteiger partial charge < -0.3 is 0 Å². The molecule has 1 atom stereocenters. The topological polar surface area (TPSA) is 73.2 Å². The average molecular weight is 404 g/mol. The second-order valence-electron chi connectivity index (χ2n) is 6.89. The molecule has 1 N–H and O–H groups in total. The third-order valence-electron chi connectivity index (χ3n) is 4.89. The molecule has 27 heavy (non-hydrogen) atoms. The van der Waals surface area contributed by atoms with Gasteiger partial charge in [0.2, 0.25) is 0 Å². The van der Waals surface area contributed by atoms with E-state index < -0.39 is 10.0 Å². The molecular formula is C20H22ClN3O2S. The Morgan fingerprint density at radius 2 is 1.96 bits per heavy atom. The molecule has 2 aromatic carbocycles. The summed E-state index contributed by atoms with van der Waals surface area (Å²) in [4.78, 5) is 2.37. The van der Waals surface area contributed by atoms with Gasteiger partial charge in [-0.1, -0.05) is 31.0 Å². The largest absolute Gasteiger partial charge is 0.292 e. The van der Waals surface area contributed by atoms with Gasteiger partial charge in [-0.3, -0.25) is 9.62 Å². The van der Waals surface area contributed by atoms with Crippen molar-refractivity contribution < 1.29 is 8.42 Å². The van der Waals surface area contributed by atoms with Gasteiger partial charge in [0.1, 0.15) is 4.90 Å². The molecule has 0 aliphatic carbocycles. The van der Waals surface area contributed by atoms with Crippen molar-refractivity contribution in [1.29, 1.82) is 5.26 Å². The lowest BCUT2D eigenvalue weighted by Crippen LogP contribution is -2.27. The quantitative estimate of drug-likeness (QED) is 0.769. The van der Waals surface area contributed by atoms with Crippen molar-refractivity contribution >= 4 is 27.3 Å². The van der Waals surface area contributed by atoms with E-state index in [0.29, 0.717) is 17.3 Å². The van der Waals surface area contributed by atoms with Crippen molar-refractivity contribution in [2.24, 2.45) is 0 Å². The number of nitriles is 1. The first kappa shape index (κ1) is 19.7. The van der Waals surface area contributed by atoms with E-state index in [9.17, 15) is 8.42 Å². The number of sulfonamides is 1. The lowest BCUT2D eigenvalue weighted by molar-refractivity contribution is 0.202. The summed E-state index contributed by atoms with van der Waals surface area (Å²) < 4.78 is 28.0. The molecule has 2 aromatic rings. The predicted molar refractivity (Wildman–Crippen MR) is 107 cm³/mol. The van der Waals surface area contributed by atoms with Crippen LogP contribution in [0.15, 0.2) is 41.3 Å². The van der Waals surface area contributed by atoms with Crippen molar-refractivity contribution in [1.82, 2.24) is 4.90 Å². The van der Waals surface area contributed by atoms with Crippen LogP contribution < -0.4 is 4.72 Å². The standard InChI is InChI=1S/C20H22ClN3O2S/c1-3-4-14(2)24-12-16-6-7-18(10-17(16)13-24)23-27(25,26)20-8-5-15(11-22)9-19(20)21/h5-10,14,23H,3-4,12-13H2,1-2H3/t14-/m1/s1. The summed E-state index contributed by atoms with van der Waals surface area (Å²) >= 11 is 6.06. The number of halogens is 1. The van der Waals surface area contributed by atoms with E-state index in [-0.39, 0.29) is 9.92 Å². The Bertz CT molecular complexity index is 999. The smallest absolute Gasteiger partial charge is 0.263 e. The molecule has 1 aliphatic rings. The average Bonchev–Trinajstić information content (AvgIpc) is 3.04. The van der Waals surface area contributed by atoms with Gasteiger partial charge in [0.25, 0.3) is 10.0 Å². The highest BCUT2D eigenvalue weighted by Crippen LogP contribution is 2.30. The number of nitrogens with zero attached hydrogens (tertiary/aromatic N) is 2. The van der Waals surface area contributed by atoms with Gasteiger partial charge in [-0.05, 0) is 54.8 Å². The molecule has 7 heteroatoms. The summed E-state index contributed by atoms with van der Waals surface area (Å²) in [6.45, 7) is 6.13. The van der Waals surface area contributed by atoms with Gasteiger partial charge in [0.05, 0.1) is 16.7 Å². The molecule has 0 aromatic heterocycles. The Balaban J connectivity index is 1.80. The van der Waals surface area contributed by atoms with Gasteiger partial charge >= 0.3 is 0 Å². The fraction of sp³-hybridized carbons (Fsp3) is 0.350. The number of hydrogen-bond acceptors (Lipinski definition) is 4. The minimum Gasteiger partial charge on any atom is -0.292 e. The molecule has 0 fully saturated rings. The molecule has 0 bridgehead atoms. The lowest BCUT2D eigenvalue weighted by atomic mass is 10.1. The molecule has 142 valence electrons. The Morgan fingerprint density at radius 1 is 1.22 bits per heavy atom. The number of benzene rings is 2. The highest BCUT2D eigenvalue weighted by atomic mass is 35.5. The molecule has 1 aliphatic heterocycles. The van der Waals surface area contributed by atoms with E-state index in [1.807, 2.05) is 18.2 Å². The van der Waals surface area contributed by atoms with Gasteiger partial charge in [-0.15, -0.1) is 0 Å². The van der Waals surface area contributed by atoms with E-state index in [2.05, 4.69) is 23.5 Å². The van der Waals surface area contributed by atoms with E-state index in [1.165, 1.54) is 23.8 Å². The van der Waals surface area contributed by atoms with Crippen LogP contribution in [-0.4, -0.2) is 19.4 Å². The highest BCUT2D eigenvalue weighted by molar-refractivity contribution is 7.92. The minimum atomic E-state index is -3.83.